The van der Waals surface area contributed by atoms with Crippen LogP contribution < -0.4 is 14.9 Å². The average molecular weight is 533 g/mol. The van der Waals surface area contributed by atoms with E-state index in [9.17, 15) is 9.59 Å². The number of nitrogens with zero attached hydrogens (tertiary/aromatic N) is 1. The lowest BCUT2D eigenvalue weighted by atomic mass is 9.93. The Kier molecular flexibility index (Phi) is 15.2. The molecule has 0 fully saturated rings. The quantitative estimate of drug-likeness (QED) is 0.143. The molecule has 0 amide bonds. The number of carbonyl (C=O) groups is 2. The molecule has 8 heteroatoms. The summed E-state index contributed by atoms with van der Waals surface area (Å²) >= 11 is 0. The second-order valence-electron chi connectivity index (χ2n) is 9.21. The highest BCUT2D eigenvalue weighted by Gasteiger charge is 2.13. The molecular weight excluding hydrogens is 493 g/mol. The molecule has 2 aromatic rings. The molecule has 0 aliphatic carbocycles. The Morgan fingerprint density at radius 3 is 2.31 bits per heavy atom. The fourth-order valence-electron chi connectivity index (χ4n) is 4.28. The van der Waals surface area contributed by atoms with Gasteiger partial charge in [-0.2, -0.15) is 5.26 Å². The van der Waals surface area contributed by atoms with Crippen LogP contribution in [0.5, 0.6) is 11.5 Å². The van der Waals surface area contributed by atoms with Gasteiger partial charge in [0.25, 0.3) is 0 Å². The van der Waals surface area contributed by atoms with Crippen molar-refractivity contribution in [2.24, 2.45) is 0 Å². The number of hydrogen-bond donors (Lipinski definition) is 0. The van der Waals surface area contributed by atoms with Crippen LogP contribution >= 0.6 is 0 Å². The van der Waals surface area contributed by atoms with Gasteiger partial charge in [0.2, 0.25) is 0 Å². The summed E-state index contributed by atoms with van der Waals surface area (Å²) in [6, 6.07) is 13.6. The molecule has 0 unspecified atom stereocenters. The SMILES string of the molecule is [B]c1cc(CC#N)cc(OCCCCCCc2cccc(OCCCC(=O)OCC)c2CCC(=O)OCC)c1. The Balaban J connectivity index is 1.85. The van der Waals surface area contributed by atoms with Crippen molar-refractivity contribution < 1.29 is 28.5 Å². The Hall–Kier alpha value is -3.47. The third kappa shape index (κ3) is 12.8. The average Bonchev–Trinajstić information content (AvgIpc) is 2.90. The van der Waals surface area contributed by atoms with Crippen molar-refractivity contribution in [2.75, 3.05) is 26.4 Å². The predicted molar refractivity (Wildman–Crippen MR) is 152 cm³/mol. The normalized spacial score (nSPS) is 10.5. The molecule has 0 heterocycles. The molecule has 0 N–H and O–H groups in total. The minimum Gasteiger partial charge on any atom is -0.494 e. The number of hydrogen-bond acceptors (Lipinski definition) is 7. The number of carbonyl (C=O) groups excluding carboxylic acids is 2. The highest BCUT2D eigenvalue weighted by Crippen LogP contribution is 2.26. The van der Waals surface area contributed by atoms with E-state index in [4.69, 9.17) is 32.1 Å². The van der Waals surface area contributed by atoms with Gasteiger partial charge in [0.1, 0.15) is 19.3 Å². The molecule has 208 valence electrons. The first-order chi connectivity index (χ1) is 19.0. The van der Waals surface area contributed by atoms with Crippen LogP contribution in [-0.4, -0.2) is 46.2 Å². The van der Waals surface area contributed by atoms with E-state index in [0.717, 1.165) is 49.0 Å². The Bertz CT molecular complexity index is 1080. The van der Waals surface area contributed by atoms with Crippen molar-refractivity contribution >= 4 is 25.2 Å². The molecule has 0 saturated heterocycles. The molecule has 7 nitrogen and oxygen atoms in total. The monoisotopic (exact) mass is 533 g/mol. The molecular formula is C31H40BNO6. The molecule has 0 saturated carbocycles. The number of ether oxygens (including phenoxy) is 4. The zero-order chi connectivity index (χ0) is 28.3. The van der Waals surface area contributed by atoms with Gasteiger partial charge < -0.3 is 18.9 Å². The molecule has 0 atom stereocenters. The van der Waals surface area contributed by atoms with Gasteiger partial charge in [0.15, 0.2) is 0 Å². The first-order valence-corrected chi connectivity index (χ1v) is 13.9. The van der Waals surface area contributed by atoms with Crippen molar-refractivity contribution in [3.8, 4) is 17.6 Å². The topological polar surface area (TPSA) is 94.9 Å². The lowest BCUT2D eigenvalue weighted by Gasteiger charge is -2.16. The second kappa shape index (κ2) is 18.7. The van der Waals surface area contributed by atoms with Crippen LogP contribution in [0.15, 0.2) is 36.4 Å². The summed E-state index contributed by atoms with van der Waals surface area (Å²) in [6.45, 7) is 5.32. The fraction of sp³-hybridized carbons (Fsp3) is 0.516. The number of esters is 2. The zero-order valence-electron chi connectivity index (χ0n) is 23.3. The van der Waals surface area contributed by atoms with Gasteiger partial charge >= 0.3 is 11.9 Å². The van der Waals surface area contributed by atoms with E-state index in [0.29, 0.717) is 69.7 Å². The summed E-state index contributed by atoms with van der Waals surface area (Å²) in [5.41, 5.74) is 3.65. The third-order valence-electron chi connectivity index (χ3n) is 6.08. The van der Waals surface area contributed by atoms with Gasteiger partial charge in [0, 0.05) is 12.8 Å². The number of nitriles is 1. The van der Waals surface area contributed by atoms with Crippen LogP contribution in [0, 0.1) is 11.3 Å². The van der Waals surface area contributed by atoms with E-state index < -0.39 is 0 Å². The number of unbranched alkanes of at least 4 members (excludes halogenated alkanes) is 3. The summed E-state index contributed by atoms with van der Waals surface area (Å²) in [7, 11) is 5.91. The van der Waals surface area contributed by atoms with E-state index >= 15 is 0 Å². The maximum Gasteiger partial charge on any atom is 0.306 e. The van der Waals surface area contributed by atoms with E-state index in [1.807, 2.05) is 18.2 Å². The lowest BCUT2D eigenvalue weighted by molar-refractivity contribution is -0.144. The Morgan fingerprint density at radius 2 is 1.56 bits per heavy atom. The summed E-state index contributed by atoms with van der Waals surface area (Å²) in [5.74, 6) is 1.01. The Labute approximate surface area is 234 Å². The second-order valence-corrected chi connectivity index (χ2v) is 9.21. The Morgan fingerprint density at radius 1 is 0.846 bits per heavy atom. The van der Waals surface area contributed by atoms with Crippen LogP contribution in [0.25, 0.3) is 0 Å². The number of rotatable bonds is 19. The van der Waals surface area contributed by atoms with E-state index in [1.54, 1.807) is 26.0 Å². The van der Waals surface area contributed by atoms with Gasteiger partial charge in [-0.1, -0.05) is 36.5 Å². The van der Waals surface area contributed by atoms with Crippen molar-refractivity contribution in [1.82, 2.24) is 0 Å². The van der Waals surface area contributed by atoms with Crippen molar-refractivity contribution in [1.29, 1.82) is 5.26 Å². The molecule has 0 spiro atoms. The standard InChI is InChI=1S/C31H40BNO6/c1-3-36-30(34)14-10-20-39-29-13-9-12-25(28(29)15-16-31(35)37-4-2)11-7-5-6-8-19-38-27-22-24(17-18-33)21-26(32)23-27/h9,12-13,21-23H,3-8,10-11,14-17,19-20H2,1-2H3. The molecule has 2 aromatic carbocycles. The molecule has 2 radical (unpaired) electrons. The van der Waals surface area contributed by atoms with Gasteiger partial charge in [-0.25, -0.2) is 0 Å². The molecule has 0 bridgehead atoms. The van der Waals surface area contributed by atoms with Crippen molar-refractivity contribution in [3.05, 3.63) is 53.1 Å². The van der Waals surface area contributed by atoms with Gasteiger partial charge in [-0.15, -0.1) is 0 Å². The molecule has 0 aliphatic rings. The first-order valence-electron chi connectivity index (χ1n) is 13.9. The highest BCUT2D eigenvalue weighted by molar-refractivity contribution is 6.32. The smallest absolute Gasteiger partial charge is 0.306 e. The molecule has 39 heavy (non-hydrogen) atoms. The van der Waals surface area contributed by atoms with Gasteiger partial charge in [-0.3, -0.25) is 9.59 Å². The van der Waals surface area contributed by atoms with E-state index in [-0.39, 0.29) is 11.9 Å². The minimum absolute atomic E-state index is 0.222. The van der Waals surface area contributed by atoms with Crippen LogP contribution in [0.1, 0.15) is 75.5 Å². The number of benzene rings is 2. The lowest BCUT2D eigenvalue weighted by Crippen LogP contribution is -2.10. The third-order valence-corrected chi connectivity index (χ3v) is 6.08. The van der Waals surface area contributed by atoms with E-state index in [1.165, 1.54) is 5.56 Å². The maximum atomic E-state index is 12.0. The summed E-state index contributed by atoms with van der Waals surface area (Å²) in [6.07, 6.45) is 6.90. The minimum atomic E-state index is -0.223. The largest absolute Gasteiger partial charge is 0.494 e. The van der Waals surface area contributed by atoms with Crippen LogP contribution in [-0.2, 0) is 38.3 Å². The van der Waals surface area contributed by atoms with E-state index in [2.05, 4.69) is 12.1 Å². The first kappa shape index (κ1) is 31.8. The maximum absolute atomic E-state index is 12.0. The summed E-state index contributed by atoms with van der Waals surface area (Å²) < 4.78 is 22.0. The van der Waals surface area contributed by atoms with Crippen LogP contribution in [0.4, 0.5) is 0 Å². The highest BCUT2D eigenvalue weighted by atomic mass is 16.5. The van der Waals surface area contributed by atoms with Crippen LogP contribution in [0.3, 0.4) is 0 Å². The van der Waals surface area contributed by atoms with Gasteiger partial charge in [-0.05, 0) is 80.8 Å². The number of aryl methyl sites for hydroxylation is 1. The zero-order valence-corrected chi connectivity index (χ0v) is 23.3. The molecule has 2 rings (SSSR count). The summed E-state index contributed by atoms with van der Waals surface area (Å²) in [4.78, 5) is 23.6. The van der Waals surface area contributed by atoms with Crippen LogP contribution in [0.2, 0.25) is 0 Å². The fourth-order valence-corrected chi connectivity index (χ4v) is 4.28. The predicted octanol–water partition coefficient (Wildman–Crippen LogP) is 4.95. The van der Waals surface area contributed by atoms with Crippen molar-refractivity contribution in [2.45, 2.75) is 78.1 Å². The molecule has 0 aromatic heterocycles. The summed E-state index contributed by atoms with van der Waals surface area (Å²) in [5, 5.41) is 8.90. The molecule has 0 aliphatic heterocycles. The van der Waals surface area contributed by atoms with Gasteiger partial charge in [0.05, 0.1) is 38.9 Å². The van der Waals surface area contributed by atoms with Crippen molar-refractivity contribution in [3.63, 3.8) is 0 Å².